The maximum atomic E-state index is 13.7. The maximum absolute atomic E-state index is 13.7. The van der Waals surface area contributed by atoms with Crippen LogP contribution in [0.15, 0.2) is 46.9 Å². The number of furan rings is 1. The number of benzene rings is 2. The highest BCUT2D eigenvalue weighted by Gasteiger charge is 2.21. The van der Waals surface area contributed by atoms with Gasteiger partial charge in [0.05, 0.1) is 6.04 Å². The molecule has 2 aromatic carbocycles. The van der Waals surface area contributed by atoms with Crippen LogP contribution in [-0.2, 0) is 0 Å². The zero-order valence-corrected chi connectivity index (χ0v) is 10.2. The zero-order valence-electron chi connectivity index (χ0n) is 10.2. The van der Waals surface area contributed by atoms with Gasteiger partial charge in [0.1, 0.15) is 11.3 Å². The molecule has 0 aliphatic carbocycles. The summed E-state index contributed by atoms with van der Waals surface area (Å²) >= 11 is 0. The van der Waals surface area contributed by atoms with Crippen molar-refractivity contribution in [1.29, 1.82) is 0 Å². The molecule has 0 spiro atoms. The van der Waals surface area contributed by atoms with Gasteiger partial charge in [-0.25, -0.2) is 13.2 Å². The first kappa shape index (κ1) is 12.7. The fourth-order valence-electron chi connectivity index (χ4n) is 2.09. The van der Waals surface area contributed by atoms with Crippen LogP contribution in [0, 0.1) is 17.5 Å². The van der Waals surface area contributed by atoms with Crippen molar-refractivity contribution in [2.45, 2.75) is 6.04 Å². The van der Waals surface area contributed by atoms with E-state index in [1.54, 1.807) is 18.2 Å². The van der Waals surface area contributed by atoms with Crippen molar-refractivity contribution >= 4 is 11.0 Å². The van der Waals surface area contributed by atoms with E-state index < -0.39 is 23.5 Å². The molecule has 0 aliphatic rings. The minimum absolute atomic E-state index is 0.150. The Labute approximate surface area is 112 Å². The minimum Gasteiger partial charge on any atom is -0.459 e. The van der Waals surface area contributed by atoms with Gasteiger partial charge in [-0.15, -0.1) is 0 Å². The monoisotopic (exact) mass is 277 g/mol. The Bertz CT molecular complexity index is 749. The van der Waals surface area contributed by atoms with Crippen molar-refractivity contribution in [2.24, 2.45) is 5.73 Å². The molecule has 1 aromatic heterocycles. The van der Waals surface area contributed by atoms with Crippen molar-refractivity contribution in [3.8, 4) is 0 Å². The van der Waals surface area contributed by atoms with Gasteiger partial charge in [-0.3, -0.25) is 0 Å². The standard InChI is InChI=1S/C15H10F3NO/c16-10-6-5-9(13(17)14(10)18)15(19)12-7-8-3-1-2-4-11(8)20-12/h1-7,15H,19H2. The summed E-state index contributed by atoms with van der Waals surface area (Å²) in [5, 5.41) is 0.806. The Morgan fingerprint density at radius 3 is 2.45 bits per heavy atom. The summed E-state index contributed by atoms with van der Waals surface area (Å²) in [6.45, 7) is 0. The van der Waals surface area contributed by atoms with Gasteiger partial charge in [0.15, 0.2) is 17.5 Å². The molecule has 0 saturated heterocycles. The van der Waals surface area contributed by atoms with Crippen LogP contribution in [0.3, 0.4) is 0 Å². The Balaban J connectivity index is 2.08. The Morgan fingerprint density at radius 1 is 0.950 bits per heavy atom. The first-order chi connectivity index (χ1) is 9.58. The number of rotatable bonds is 2. The highest BCUT2D eigenvalue weighted by Crippen LogP contribution is 2.29. The molecule has 0 radical (unpaired) electrons. The van der Waals surface area contributed by atoms with Crippen LogP contribution in [0.1, 0.15) is 17.4 Å². The van der Waals surface area contributed by atoms with E-state index >= 15 is 0 Å². The van der Waals surface area contributed by atoms with Crippen LogP contribution >= 0.6 is 0 Å². The van der Waals surface area contributed by atoms with Crippen molar-refractivity contribution < 1.29 is 17.6 Å². The van der Waals surface area contributed by atoms with Gasteiger partial charge < -0.3 is 10.2 Å². The molecule has 20 heavy (non-hydrogen) atoms. The lowest BCUT2D eigenvalue weighted by atomic mass is 10.0. The van der Waals surface area contributed by atoms with Crippen LogP contribution in [0.2, 0.25) is 0 Å². The molecule has 102 valence electrons. The smallest absolute Gasteiger partial charge is 0.194 e. The van der Waals surface area contributed by atoms with Crippen LogP contribution < -0.4 is 5.73 Å². The second-order valence-electron chi connectivity index (χ2n) is 4.43. The average Bonchev–Trinajstić information content (AvgIpc) is 2.88. The normalized spacial score (nSPS) is 12.8. The molecule has 2 N–H and O–H groups in total. The van der Waals surface area contributed by atoms with E-state index in [4.69, 9.17) is 10.2 Å². The summed E-state index contributed by atoms with van der Waals surface area (Å²) in [5.74, 6) is -3.79. The molecular formula is C15H10F3NO. The van der Waals surface area contributed by atoms with Crippen LogP contribution in [0.4, 0.5) is 13.2 Å². The molecule has 1 atom stereocenters. The molecule has 3 aromatic rings. The van der Waals surface area contributed by atoms with Crippen molar-refractivity contribution in [1.82, 2.24) is 0 Å². The van der Waals surface area contributed by atoms with E-state index in [1.807, 2.05) is 12.1 Å². The fraction of sp³-hybridized carbons (Fsp3) is 0.0667. The number of para-hydroxylation sites is 1. The molecular weight excluding hydrogens is 267 g/mol. The van der Waals surface area contributed by atoms with Crippen LogP contribution in [0.25, 0.3) is 11.0 Å². The number of hydrogen-bond donors (Lipinski definition) is 1. The van der Waals surface area contributed by atoms with Gasteiger partial charge in [-0.2, -0.15) is 0 Å². The predicted octanol–water partition coefficient (Wildman–Crippen LogP) is 3.90. The molecule has 1 unspecified atom stereocenters. The number of fused-ring (bicyclic) bond motifs is 1. The lowest BCUT2D eigenvalue weighted by molar-refractivity contribution is 0.432. The Morgan fingerprint density at radius 2 is 1.70 bits per heavy atom. The topological polar surface area (TPSA) is 39.2 Å². The molecule has 0 saturated carbocycles. The second kappa shape index (κ2) is 4.68. The van der Waals surface area contributed by atoms with E-state index in [-0.39, 0.29) is 11.3 Å². The Kier molecular flexibility index (Phi) is 2.99. The summed E-state index contributed by atoms with van der Waals surface area (Å²) < 4.78 is 45.4. The maximum Gasteiger partial charge on any atom is 0.194 e. The minimum atomic E-state index is -1.53. The summed E-state index contributed by atoms with van der Waals surface area (Å²) in [6.07, 6.45) is 0. The van der Waals surface area contributed by atoms with E-state index in [2.05, 4.69) is 0 Å². The van der Waals surface area contributed by atoms with Crippen LogP contribution in [-0.4, -0.2) is 0 Å². The molecule has 0 bridgehead atoms. The molecule has 0 aliphatic heterocycles. The molecule has 0 fully saturated rings. The SMILES string of the molecule is NC(c1cc2ccccc2o1)c1ccc(F)c(F)c1F. The highest BCUT2D eigenvalue weighted by molar-refractivity contribution is 5.77. The summed E-state index contributed by atoms with van der Waals surface area (Å²) in [7, 11) is 0. The third kappa shape index (κ3) is 1.96. The largest absolute Gasteiger partial charge is 0.459 e. The molecule has 1 heterocycles. The number of halogens is 3. The number of nitrogens with two attached hydrogens (primary N) is 1. The van der Waals surface area contributed by atoms with Crippen molar-refractivity contribution in [3.05, 3.63) is 71.2 Å². The van der Waals surface area contributed by atoms with E-state index in [0.717, 1.165) is 17.5 Å². The van der Waals surface area contributed by atoms with E-state index in [1.165, 1.54) is 0 Å². The third-order valence-electron chi connectivity index (χ3n) is 3.15. The van der Waals surface area contributed by atoms with Gasteiger partial charge in [-0.05, 0) is 18.2 Å². The predicted molar refractivity (Wildman–Crippen MR) is 68.6 cm³/mol. The lowest BCUT2D eigenvalue weighted by Gasteiger charge is -2.10. The summed E-state index contributed by atoms with van der Waals surface area (Å²) in [6, 6.07) is 9.79. The van der Waals surface area contributed by atoms with Crippen molar-refractivity contribution in [3.63, 3.8) is 0 Å². The van der Waals surface area contributed by atoms with E-state index in [0.29, 0.717) is 5.58 Å². The summed E-state index contributed by atoms with van der Waals surface area (Å²) in [4.78, 5) is 0. The number of hydrogen-bond acceptors (Lipinski definition) is 2. The quantitative estimate of drug-likeness (QED) is 0.721. The fourth-order valence-corrected chi connectivity index (χ4v) is 2.09. The van der Waals surface area contributed by atoms with Gasteiger partial charge in [0.2, 0.25) is 0 Å². The van der Waals surface area contributed by atoms with Gasteiger partial charge in [-0.1, -0.05) is 24.3 Å². The average molecular weight is 277 g/mol. The zero-order chi connectivity index (χ0) is 14.3. The molecule has 5 heteroatoms. The van der Waals surface area contributed by atoms with E-state index in [9.17, 15) is 13.2 Å². The molecule has 0 amide bonds. The Hall–Kier alpha value is -2.27. The summed E-state index contributed by atoms with van der Waals surface area (Å²) in [5.41, 5.74) is 6.33. The van der Waals surface area contributed by atoms with Crippen LogP contribution in [0.5, 0.6) is 0 Å². The molecule has 2 nitrogen and oxygen atoms in total. The van der Waals surface area contributed by atoms with Crippen molar-refractivity contribution in [2.75, 3.05) is 0 Å². The lowest BCUT2D eigenvalue weighted by Crippen LogP contribution is -2.14. The first-order valence-electron chi connectivity index (χ1n) is 5.95. The highest BCUT2D eigenvalue weighted by atomic mass is 19.2. The third-order valence-corrected chi connectivity index (χ3v) is 3.15. The molecule has 3 rings (SSSR count). The van der Waals surface area contributed by atoms with Gasteiger partial charge >= 0.3 is 0 Å². The first-order valence-corrected chi connectivity index (χ1v) is 5.95. The second-order valence-corrected chi connectivity index (χ2v) is 4.43. The van der Waals surface area contributed by atoms with Gasteiger partial charge in [0.25, 0.3) is 0 Å². The van der Waals surface area contributed by atoms with Gasteiger partial charge in [0, 0.05) is 10.9 Å².